The Morgan fingerprint density at radius 2 is 1.71 bits per heavy atom. The molecule has 4 nitrogen and oxygen atoms in total. The minimum atomic E-state index is -0.908. The van der Waals surface area contributed by atoms with Crippen molar-refractivity contribution < 1.29 is 15.0 Å². The molecule has 31 heavy (non-hydrogen) atoms. The quantitative estimate of drug-likeness (QED) is 0.538. The summed E-state index contributed by atoms with van der Waals surface area (Å²) in [5.74, 6) is -0.908. The fourth-order valence-corrected chi connectivity index (χ4v) is 4.28. The molecule has 4 heteroatoms. The largest absolute Gasteiger partial charge is 0.478 e. The van der Waals surface area contributed by atoms with Crippen molar-refractivity contribution in [3.63, 3.8) is 0 Å². The number of nitrogens with one attached hydrogen (secondary N) is 1. The SMILES string of the molecule is Cc1ccc([C@@H](O)CN[C@H]2CCc3ccc(-c4ccc(C(=O)O)cc4)cc3C2)cc1C. The van der Waals surface area contributed by atoms with Crippen molar-refractivity contribution >= 4 is 5.97 Å². The molecule has 0 amide bonds. The van der Waals surface area contributed by atoms with E-state index in [9.17, 15) is 9.90 Å². The number of hydrogen-bond donors (Lipinski definition) is 3. The minimum absolute atomic E-state index is 0.299. The molecule has 160 valence electrons. The van der Waals surface area contributed by atoms with Crippen molar-refractivity contribution in [1.29, 1.82) is 0 Å². The second-order valence-electron chi connectivity index (χ2n) is 8.57. The van der Waals surface area contributed by atoms with Crippen molar-refractivity contribution in [3.05, 3.63) is 94.0 Å². The predicted molar refractivity (Wildman–Crippen MR) is 124 cm³/mol. The molecule has 1 aliphatic rings. The van der Waals surface area contributed by atoms with Crippen LogP contribution in [0.2, 0.25) is 0 Å². The lowest BCUT2D eigenvalue weighted by atomic mass is 9.86. The number of carbonyl (C=O) groups is 1. The van der Waals surface area contributed by atoms with E-state index in [1.54, 1.807) is 12.1 Å². The summed E-state index contributed by atoms with van der Waals surface area (Å²) in [4.78, 5) is 11.1. The second kappa shape index (κ2) is 9.04. The molecule has 3 aromatic carbocycles. The van der Waals surface area contributed by atoms with Crippen molar-refractivity contribution in [2.24, 2.45) is 0 Å². The average molecular weight is 416 g/mol. The summed E-state index contributed by atoms with van der Waals surface area (Å²) in [5.41, 5.74) is 8.52. The van der Waals surface area contributed by atoms with Crippen LogP contribution in [0.25, 0.3) is 11.1 Å². The molecule has 0 aromatic heterocycles. The Morgan fingerprint density at radius 3 is 2.42 bits per heavy atom. The van der Waals surface area contributed by atoms with Crippen LogP contribution in [-0.2, 0) is 12.8 Å². The van der Waals surface area contributed by atoms with Crippen molar-refractivity contribution in [2.45, 2.75) is 45.3 Å². The Bertz CT molecular complexity index is 1090. The van der Waals surface area contributed by atoms with E-state index in [1.807, 2.05) is 18.2 Å². The number of aliphatic hydroxyl groups is 1. The topological polar surface area (TPSA) is 69.6 Å². The number of carboxylic acid groups (broad SMARTS) is 1. The number of aliphatic hydroxyl groups excluding tert-OH is 1. The summed E-state index contributed by atoms with van der Waals surface area (Å²) in [6.07, 6.45) is 2.49. The number of benzene rings is 3. The first-order valence-electron chi connectivity index (χ1n) is 10.8. The fraction of sp³-hybridized carbons (Fsp3) is 0.296. The zero-order chi connectivity index (χ0) is 22.0. The number of aromatic carboxylic acids is 1. The smallest absolute Gasteiger partial charge is 0.335 e. The van der Waals surface area contributed by atoms with Gasteiger partial charge in [0.2, 0.25) is 0 Å². The molecule has 0 radical (unpaired) electrons. The summed E-state index contributed by atoms with van der Waals surface area (Å²) in [6.45, 7) is 4.70. The molecular formula is C27H29NO3. The summed E-state index contributed by atoms with van der Waals surface area (Å²) < 4.78 is 0. The van der Waals surface area contributed by atoms with Crippen LogP contribution in [0.4, 0.5) is 0 Å². The van der Waals surface area contributed by atoms with Crippen molar-refractivity contribution in [2.75, 3.05) is 6.54 Å². The van der Waals surface area contributed by atoms with Crippen LogP contribution in [0.1, 0.15) is 50.7 Å². The van der Waals surface area contributed by atoms with Gasteiger partial charge in [0, 0.05) is 12.6 Å². The number of carboxylic acids is 1. The van der Waals surface area contributed by atoms with E-state index in [0.717, 1.165) is 36.0 Å². The first kappa shape index (κ1) is 21.3. The van der Waals surface area contributed by atoms with Gasteiger partial charge in [0.05, 0.1) is 11.7 Å². The summed E-state index contributed by atoms with van der Waals surface area (Å²) in [7, 11) is 0. The molecule has 2 atom stereocenters. The van der Waals surface area contributed by atoms with E-state index in [-0.39, 0.29) is 0 Å². The number of rotatable bonds is 6. The molecule has 0 bridgehead atoms. The first-order valence-corrected chi connectivity index (χ1v) is 10.8. The highest BCUT2D eigenvalue weighted by Gasteiger charge is 2.20. The van der Waals surface area contributed by atoms with Crippen LogP contribution >= 0.6 is 0 Å². The molecule has 0 spiro atoms. The van der Waals surface area contributed by atoms with E-state index in [1.165, 1.54) is 22.3 Å². The summed E-state index contributed by atoms with van der Waals surface area (Å²) in [5, 5.41) is 23.3. The first-order chi connectivity index (χ1) is 14.9. The van der Waals surface area contributed by atoms with E-state index in [0.29, 0.717) is 18.2 Å². The maximum atomic E-state index is 11.1. The molecule has 0 saturated carbocycles. The molecule has 0 saturated heterocycles. The number of hydrogen-bond acceptors (Lipinski definition) is 3. The van der Waals surface area contributed by atoms with Crippen LogP contribution in [0.5, 0.6) is 0 Å². The second-order valence-corrected chi connectivity index (χ2v) is 8.57. The van der Waals surface area contributed by atoms with Gasteiger partial charge in [-0.1, -0.05) is 48.5 Å². The monoisotopic (exact) mass is 415 g/mol. The third-order valence-electron chi connectivity index (χ3n) is 6.42. The molecule has 3 N–H and O–H groups in total. The van der Waals surface area contributed by atoms with Crippen LogP contribution in [-0.4, -0.2) is 28.8 Å². The lowest BCUT2D eigenvalue weighted by Gasteiger charge is -2.27. The third kappa shape index (κ3) is 4.87. The molecule has 0 fully saturated rings. The summed E-state index contributed by atoms with van der Waals surface area (Å²) in [6, 6.07) is 20.0. The van der Waals surface area contributed by atoms with E-state index in [2.05, 4.69) is 49.5 Å². The Hall–Kier alpha value is -2.95. The lowest BCUT2D eigenvalue weighted by molar-refractivity contribution is 0.0697. The van der Waals surface area contributed by atoms with E-state index >= 15 is 0 Å². The van der Waals surface area contributed by atoms with E-state index in [4.69, 9.17) is 5.11 Å². The van der Waals surface area contributed by atoms with Gasteiger partial charge in [-0.3, -0.25) is 0 Å². The van der Waals surface area contributed by atoms with Gasteiger partial charge in [0.15, 0.2) is 0 Å². The van der Waals surface area contributed by atoms with Gasteiger partial charge in [-0.15, -0.1) is 0 Å². The van der Waals surface area contributed by atoms with Crippen molar-refractivity contribution in [1.82, 2.24) is 5.32 Å². The van der Waals surface area contributed by atoms with Crippen LogP contribution in [0, 0.1) is 13.8 Å². The van der Waals surface area contributed by atoms with Gasteiger partial charge < -0.3 is 15.5 Å². The van der Waals surface area contributed by atoms with E-state index < -0.39 is 12.1 Å². The standard InChI is InChI=1S/C27H29NO3/c1-17-3-4-23(13-18(17)2)26(29)16-28-25-12-11-20-7-10-22(14-24(20)15-25)19-5-8-21(9-6-19)27(30)31/h3-10,13-14,25-26,28-29H,11-12,15-16H2,1-2H3,(H,30,31)/t25-,26-/m0/s1. The maximum Gasteiger partial charge on any atom is 0.335 e. The average Bonchev–Trinajstić information content (AvgIpc) is 2.78. The Labute approximate surface area is 183 Å². The van der Waals surface area contributed by atoms with Gasteiger partial charge in [-0.05, 0) is 84.2 Å². The fourth-order valence-electron chi connectivity index (χ4n) is 4.28. The third-order valence-corrected chi connectivity index (χ3v) is 6.42. The molecule has 0 unspecified atom stereocenters. The molecule has 0 aliphatic heterocycles. The van der Waals surface area contributed by atoms with Crippen LogP contribution in [0.3, 0.4) is 0 Å². The zero-order valence-electron chi connectivity index (χ0n) is 18.1. The number of fused-ring (bicyclic) bond motifs is 1. The van der Waals surface area contributed by atoms with Crippen molar-refractivity contribution in [3.8, 4) is 11.1 Å². The Morgan fingerprint density at radius 1 is 0.968 bits per heavy atom. The lowest BCUT2D eigenvalue weighted by Crippen LogP contribution is -2.37. The van der Waals surface area contributed by atoms with Gasteiger partial charge >= 0.3 is 5.97 Å². The normalized spacial score (nSPS) is 16.5. The molecule has 3 aromatic rings. The van der Waals surface area contributed by atoms with Crippen LogP contribution in [0.15, 0.2) is 60.7 Å². The Kier molecular flexibility index (Phi) is 6.21. The molecule has 0 heterocycles. The van der Waals surface area contributed by atoms with Gasteiger partial charge in [-0.25, -0.2) is 4.79 Å². The van der Waals surface area contributed by atoms with Gasteiger partial charge in [0.1, 0.15) is 0 Å². The Balaban J connectivity index is 1.42. The highest BCUT2D eigenvalue weighted by molar-refractivity contribution is 5.88. The number of aryl methyl sites for hydroxylation is 3. The van der Waals surface area contributed by atoms with Gasteiger partial charge in [-0.2, -0.15) is 0 Å². The molecule has 1 aliphatic carbocycles. The minimum Gasteiger partial charge on any atom is -0.478 e. The van der Waals surface area contributed by atoms with Crippen LogP contribution < -0.4 is 5.32 Å². The zero-order valence-corrected chi connectivity index (χ0v) is 18.1. The molecule has 4 rings (SSSR count). The predicted octanol–water partition coefficient (Wildman–Crippen LogP) is 4.85. The highest BCUT2D eigenvalue weighted by Crippen LogP contribution is 2.28. The maximum absolute atomic E-state index is 11.1. The van der Waals surface area contributed by atoms with Gasteiger partial charge in [0.25, 0.3) is 0 Å². The summed E-state index contributed by atoms with van der Waals surface area (Å²) >= 11 is 0. The molecular weight excluding hydrogens is 386 g/mol. The highest BCUT2D eigenvalue weighted by atomic mass is 16.4.